The minimum absolute atomic E-state index is 0.290. The van der Waals surface area contributed by atoms with Gasteiger partial charge in [0.05, 0.1) is 6.10 Å². The van der Waals surface area contributed by atoms with Gasteiger partial charge in [-0.25, -0.2) is 0 Å². The molecular weight excluding hydrogens is 176 g/mol. The Morgan fingerprint density at radius 1 is 1.43 bits per heavy atom. The van der Waals surface area contributed by atoms with Gasteiger partial charge < -0.3 is 16.2 Å². The fraction of sp³-hybridized carbons (Fsp3) is 0.455. The predicted octanol–water partition coefficient (Wildman–Crippen LogP) is 1.03. The predicted molar refractivity (Wildman–Crippen MR) is 59.5 cm³/mol. The molecule has 0 aromatic heterocycles. The summed E-state index contributed by atoms with van der Waals surface area (Å²) < 4.78 is 0. The maximum Gasteiger partial charge on any atom is 0.0834 e. The first kappa shape index (κ1) is 11.0. The van der Waals surface area contributed by atoms with E-state index >= 15 is 0 Å². The second-order valence-electron chi connectivity index (χ2n) is 3.52. The fourth-order valence-electron chi connectivity index (χ4n) is 1.25. The lowest BCUT2D eigenvalue weighted by molar-refractivity contribution is 0.196. The van der Waals surface area contributed by atoms with Crippen LogP contribution < -0.4 is 11.1 Å². The highest BCUT2D eigenvalue weighted by Gasteiger charge is 2.03. The van der Waals surface area contributed by atoms with E-state index in [2.05, 4.69) is 25.2 Å². The maximum atomic E-state index is 9.29. The summed E-state index contributed by atoms with van der Waals surface area (Å²) in [6, 6.07) is 6.07. The summed E-state index contributed by atoms with van der Waals surface area (Å²) >= 11 is 0. The first-order valence-corrected chi connectivity index (χ1v) is 4.83. The van der Waals surface area contributed by atoms with E-state index in [0.717, 1.165) is 5.69 Å². The van der Waals surface area contributed by atoms with E-state index in [0.29, 0.717) is 6.54 Å². The van der Waals surface area contributed by atoms with Crippen molar-refractivity contribution in [2.45, 2.75) is 20.0 Å². The second-order valence-corrected chi connectivity index (χ2v) is 3.52. The van der Waals surface area contributed by atoms with Crippen LogP contribution in [0.2, 0.25) is 0 Å². The highest BCUT2D eigenvalue weighted by atomic mass is 16.3. The van der Waals surface area contributed by atoms with E-state index in [-0.39, 0.29) is 6.54 Å². The van der Waals surface area contributed by atoms with E-state index in [9.17, 15) is 5.11 Å². The van der Waals surface area contributed by atoms with Gasteiger partial charge in [0.2, 0.25) is 0 Å². The third-order valence-electron chi connectivity index (χ3n) is 2.40. The minimum Gasteiger partial charge on any atom is -0.390 e. The molecular formula is C11H18N2O. The molecule has 0 radical (unpaired) electrons. The van der Waals surface area contributed by atoms with Crippen LogP contribution in [0.4, 0.5) is 5.69 Å². The first-order valence-electron chi connectivity index (χ1n) is 4.83. The van der Waals surface area contributed by atoms with E-state index < -0.39 is 6.10 Å². The van der Waals surface area contributed by atoms with Crippen molar-refractivity contribution in [3.05, 3.63) is 29.3 Å². The van der Waals surface area contributed by atoms with Crippen LogP contribution >= 0.6 is 0 Å². The molecule has 1 aromatic carbocycles. The topological polar surface area (TPSA) is 58.3 Å². The molecule has 1 rings (SSSR count). The fourth-order valence-corrected chi connectivity index (χ4v) is 1.25. The van der Waals surface area contributed by atoms with Gasteiger partial charge in [-0.2, -0.15) is 0 Å². The van der Waals surface area contributed by atoms with Gasteiger partial charge in [0.1, 0.15) is 0 Å². The van der Waals surface area contributed by atoms with Crippen molar-refractivity contribution < 1.29 is 5.11 Å². The Balaban J connectivity index is 2.63. The van der Waals surface area contributed by atoms with E-state index in [1.165, 1.54) is 11.1 Å². The van der Waals surface area contributed by atoms with Gasteiger partial charge >= 0.3 is 0 Å². The molecule has 0 saturated heterocycles. The summed E-state index contributed by atoms with van der Waals surface area (Å²) in [6.45, 7) is 4.92. The Hall–Kier alpha value is -1.06. The highest BCUT2D eigenvalue weighted by molar-refractivity contribution is 5.53. The van der Waals surface area contributed by atoms with Crippen LogP contribution in [0, 0.1) is 13.8 Å². The van der Waals surface area contributed by atoms with Crippen molar-refractivity contribution in [3.63, 3.8) is 0 Å². The molecule has 1 atom stereocenters. The van der Waals surface area contributed by atoms with Crippen LogP contribution in [0.1, 0.15) is 11.1 Å². The monoisotopic (exact) mass is 194 g/mol. The van der Waals surface area contributed by atoms with Crippen LogP contribution in [0.15, 0.2) is 18.2 Å². The number of nitrogens with one attached hydrogen (secondary N) is 1. The average Bonchev–Trinajstić information content (AvgIpc) is 2.20. The number of aryl methyl sites for hydroxylation is 1. The Kier molecular flexibility index (Phi) is 3.92. The van der Waals surface area contributed by atoms with Crippen molar-refractivity contribution in [2.75, 3.05) is 18.4 Å². The second kappa shape index (κ2) is 4.98. The largest absolute Gasteiger partial charge is 0.390 e. The molecule has 1 unspecified atom stereocenters. The maximum absolute atomic E-state index is 9.29. The minimum atomic E-state index is -0.477. The van der Waals surface area contributed by atoms with E-state index in [1.54, 1.807) is 0 Å². The van der Waals surface area contributed by atoms with Crippen LogP contribution in [0.5, 0.6) is 0 Å². The highest BCUT2D eigenvalue weighted by Crippen LogP contribution is 2.17. The summed E-state index contributed by atoms with van der Waals surface area (Å²) in [4.78, 5) is 0. The normalized spacial score (nSPS) is 12.6. The number of rotatable bonds is 4. The zero-order valence-electron chi connectivity index (χ0n) is 8.75. The molecule has 3 nitrogen and oxygen atoms in total. The molecule has 0 spiro atoms. The Morgan fingerprint density at radius 3 is 2.79 bits per heavy atom. The smallest absolute Gasteiger partial charge is 0.0834 e. The zero-order valence-corrected chi connectivity index (χ0v) is 8.75. The summed E-state index contributed by atoms with van der Waals surface area (Å²) in [5.41, 5.74) is 8.85. The Morgan fingerprint density at radius 2 is 2.14 bits per heavy atom. The molecule has 0 bridgehead atoms. The molecule has 78 valence electrons. The van der Waals surface area contributed by atoms with Crippen LogP contribution in [0.3, 0.4) is 0 Å². The summed E-state index contributed by atoms with van der Waals surface area (Å²) in [6.07, 6.45) is -0.477. The first-order chi connectivity index (χ1) is 6.65. The Labute approximate surface area is 84.9 Å². The third-order valence-corrected chi connectivity index (χ3v) is 2.40. The molecule has 4 N–H and O–H groups in total. The number of hydrogen-bond donors (Lipinski definition) is 3. The zero-order chi connectivity index (χ0) is 10.6. The molecule has 0 amide bonds. The molecule has 0 saturated carbocycles. The Bertz CT molecular complexity index is 299. The van der Waals surface area contributed by atoms with Crippen molar-refractivity contribution >= 4 is 5.69 Å². The molecule has 3 heteroatoms. The lowest BCUT2D eigenvalue weighted by Gasteiger charge is -2.13. The standard InChI is InChI=1S/C11H18N2O/c1-8-4-3-5-11(9(8)2)13-7-10(14)6-12/h3-5,10,13-14H,6-7,12H2,1-2H3. The summed E-state index contributed by atoms with van der Waals surface area (Å²) in [5, 5.41) is 12.5. The number of aliphatic hydroxyl groups is 1. The molecule has 0 aliphatic rings. The van der Waals surface area contributed by atoms with Crippen molar-refractivity contribution in [1.82, 2.24) is 0 Å². The lowest BCUT2D eigenvalue weighted by Crippen LogP contribution is -2.28. The number of benzene rings is 1. The van der Waals surface area contributed by atoms with Crippen LogP contribution in [-0.4, -0.2) is 24.3 Å². The van der Waals surface area contributed by atoms with Gasteiger partial charge in [-0.3, -0.25) is 0 Å². The SMILES string of the molecule is Cc1cccc(NCC(O)CN)c1C. The van der Waals surface area contributed by atoms with Crippen molar-refractivity contribution in [1.29, 1.82) is 0 Å². The summed E-state index contributed by atoms with van der Waals surface area (Å²) in [7, 11) is 0. The van der Waals surface area contributed by atoms with Crippen molar-refractivity contribution in [3.8, 4) is 0 Å². The molecule has 0 aliphatic carbocycles. The summed E-state index contributed by atoms with van der Waals surface area (Å²) in [5.74, 6) is 0. The number of anilines is 1. The number of hydrogen-bond acceptors (Lipinski definition) is 3. The van der Waals surface area contributed by atoms with Gasteiger partial charge in [0.15, 0.2) is 0 Å². The lowest BCUT2D eigenvalue weighted by atomic mass is 10.1. The molecule has 0 fully saturated rings. The quantitative estimate of drug-likeness (QED) is 0.671. The van der Waals surface area contributed by atoms with Gasteiger partial charge in [-0.1, -0.05) is 12.1 Å². The molecule has 0 heterocycles. The van der Waals surface area contributed by atoms with Crippen LogP contribution in [-0.2, 0) is 0 Å². The van der Waals surface area contributed by atoms with Crippen LogP contribution in [0.25, 0.3) is 0 Å². The van der Waals surface area contributed by atoms with Gasteiger partial charge in [-0.15, -0.1) is 0 Å². The third kappa shape index (κ3) is 2.72. The van der Waals surface area contributed by atoms with Gasteiger partial charge in [0.25, 0.3) is 0 Å². The molecule has 0 aliphatic heterocycles. The van der Waals surface area contributed by atoms with Crippen molar-refractivity contribution in [2.24, 2.45) is 5.73 Å². The molecule has 14 heavy (non-hydrogen) atoms. The number of aliphatic hydroxyl groups excluding tert-OH is 1. The van der Waals surface area contributed by atoms with Gasteiger partial charge in [-0.05, 0) is 31.0 Å². The van der Waals surface area contributed by atoms with Gasteiger partial charge in [0, 0.05) is 18.8 Å². The average molecular weight is 194 g/mol. The number of nitrogens with two attached hydrogens (primary N) is 1. The van der Waals surface area contributed by atoms with E-state index in [4.69, 9.17) is 5.73 Å². The molecule has 1 aromatic rings. The van der Waals surface area contributed by atoms with E-state index in [1.807, 2.05) is 12.1 Å².